The molecule has 1 fully saturated rings. The summed E-state index contributed by atoms with van der Waals surface area (Å²) in [5.41, 5.74) is 4.50. The zero-order valence-corrected chi connectivity index (χ0v) is 17.4. The number of carboxylic acid groups (broad SMARTS) is 1. The summed E-state index contributed by atoms with van der Waals surface area (Å²) < 4.78 is 5.44. The number of fused-ring (bicyclic) bond motifs is 3. The topological polar surface area (TPSA) is 95.9 Å². The molecule has 2 atom stereocenters. The first-order valence-corrected chi connectivity index (χ1v) is 10.6. The number of alkyl carbamates (subject to hydrolysis) is 1. The fourth-order valence-electron chi connectivity index (χ4n) is 4.74. The lowest BCUT2D eigenvalue weighted by atomic mass is 9.91. The lowest BCUT2D eigenvalue weighted by Crippen LogP contribution is -2.54. The third-order valence-electron chi connectivity index (χ3n) is 6.23. The molecule has 2 unspecified atom stereocenters. The SMILES string of the molecule is CC1CCCN(C(=O)CNC(=O)OCC2c3ccccc3-c3ccccc32)C1C(=O)O. The van der Waals surface area contributed by atoms with Gasteiger partial charge in [-0.15, -0.1) is 0 Å². The van der Waals surface area contributed by atoms with Crippen molar-refractivity contribution in [2.24, 2.45) is 5.92 Å². The summed E-state index contributed by atoms with van der Waals surface area (Å²) in [5, 5.41) is 11.9. The molecule has 2 amide bonds. The van der Waals surface area contributed by atoms with Crippen molar-refractivity contribution in [2.45, 2.75) is 31.7 Å². The number of hydrogen-bond acceptors (Lipinski definition) is 4. The number of ether oxygens (including phenoxy) is 1. The number of likely N-dealkylation sites (tertiary alicyclic amines) is 1. The number of benzene rings is 2. The number of nitrogens with zero attached hydrogens (tertiary/aromatic N) is 1. The van der Waals surface area contributed by atoms with Crippen molar-refractivity contribution in [1.29, 1.82) is 0 Å². The number of hydrogen-bond donors (Lipinski definition) is 2. The summed E-state index contributed by atoms with van der Waals surface area (Å²) in [6, 6.07) is 15.3. The van der Waals surface area contributed by atoms with Gasteiger partial charge >= 0.3 is 12.1 Å². The van der Waals surface area contributed by atoms with Crippen LogP contribution in [0, 0.1) is 5.92 Å². The minimum atomic E-state index is -1.01. The molecule has 31 heavy (non-hydrogen) atoms. The average Bonchev–Trinajstić information content (AvgIpc) is 3.09. The van der Waals surface area contributed by atoms with Crippen LogP contribution in [0.1, 0.15) is 36.8 Å². The Kier molecular flexibility index (Phi) is 5.93. The van der Waals surface area contributed by atoms with E-state index in [1.165, 1.54) is 4.90 Å². The molecule has 162 valence electrons. The molecule has 7 heteroatoms. The third-order valence-corrected chi connectivity index (χ3v) is 6.23. The van der Waals surface area contributed by atoms with Gasteiger partial charge in [-0.05, 0) is 41.0 Å². The van der Waals surface area contributed by atoms with E-state index in [9.17, 15) is 19.5 Å². The fourth-order valence-corrected chi connectivity index (χ4v) is 4.74. The molecule has 0 radical (unpaired) electrons. The molecule has 0 spiro atoms. The van der Waals surface area contributed by atoms with E-state index in [-0.39, 0.29) is 25.0 Å². The third kappa shape index (κ3) is 4.13. The van der Waals surface area contributed by atoms with E-state index in [0.717, 1.165) is 35.1 Å². The predicted octanol–water partition coefficient (Wildman–Crippen LogP) is 3.24. The Labute approximate surface area is 181 Å². The van der Waals surface area contributed by atoms with Crippen molar-refractivity contribution in [3.63, 3.8) is 0 Å². The molecule has 0 saturated carbocycles. The number of aliphatic carboxylic acids is 1. The van der Waals surface area contributed by atoms with Gasteiger partial charge in [0.1, 0.15) is 19.2 Å². The van der Waals surface area contributed by atoms with Crippen LogP contribution < -0.4 is 5.32 Å². The maximum atomic E-state index is 12.5. The zero-order chi connectivity index (χ0) is 22.0. The van der Waals surface area contributed by atoms with E-state index in [2.05, 4.69) is 17.4 Å². The van der Waals surface area contributed by atoms with Gasteiger partial charge < -0.3 is 20.1 Å². The highest BCUT2D eigenvalue weighted by molar-refractivity contribution is 5.87. The highest BCUT2D eigenvalue weighted by Gasteiger charge is 2.37. The molecule has 1 heterocycles. The lowest BCUT2D eigenvalue weighted by Gasteiger charge is -2.37. The van der Waals surface area contributed by atoms with Gasteiger partial charge in [0.05, 0.1) is 0 Å². The van der Waals surface area contributed by atoms with E-state index in [1.54, 1.807) is 0 Å². The Bertz CT molecular complexity index is 959. The number of carbonyl (C=O) groups excluding carboxylic acids is 2. The van der Waals surface area contributed by atoms with Crippen molar-refractivity contribution in [1.82, 2.24) is 10.2 Å². The standard InChI is InChI=1S/C24H26N2O5/c1-15-7-6-12-26(22(15)23(28)29)21(27)13-25-24(30)31-14-20-18-10-4-2-8-16(18)17-9-3-5-11-19(17)20/h2-5,8-11,15,20,22H,6-7,12-14H2,1H3,(H,25,30)(H,28,29). The van der Waals surface area contributed by atoms with Crippen LogP contribution in [0.2, 0.25) is 0 Å². The second-order valence-corrected chi connectivity index (χ2v) is 8.17. The average molecular weight is 422 g/mol. The lowest BCUT2D eigenvalue weighted by molar-refractivity contribution is -0.154. The van der Waals surface area contributed by atoms with Crippen molar-refractivity contribution < 1.29 is 24.2 Å². The molecule has 4 rings (SSSR count). The van der Waals surface area contributed by atoms with Gasteiger partial charge in [0.25, 0.3) is 0 Å². The molecule has 0 aromatic heterocycles. The fraction of sp³-hybridized carbons (Fsp3) is 0.375. The van der Waals surface area contributed by atoms with Crippen LogP contribution in [0.5, 0.6) is 0 Å². The summed E-state index contributed by atoms with van der Waals surface area (Å²) in [4.78, 5) is 37.7. The quantitative estimate of drug-likeness (QED) is 0.771. The molecule has 2 aromatic carbocycles. The summed E-state index contributed by atoms with van der Waals surface area (Å²) >= 11 is 0. The minimum absolute atomic E-state index is 0.0619. The van der Waals surface area contributed by atoms with E-state index in [0.29, 0.717) is 6.54 Å². The Morgan fingerprint density at radius 1 is 1.06 bits per heavy atom. The van der Waals surface area contributed by atoms with Crippen LogP contribution >= 0.6 is 0 Å². The molecule has 1 saturated heterocycles. The molecule has 2 aliphatic rings. The molecule has 2 N–H and O–H groups in total. The molecule has 1 aliphatic heterocycles. The Hall–Kier alpha value is -3.35. The van der Waals surface area contributed by atoms with E-state index >= 15 is 0 Å². The maximum Gasteiger partial charge on any atom is 0.407 e. The van der Waals surface area contributed by atoms with Gasteiger partial charge in [-0.2, -0.15) is 0 Å². The Balaban J connectivity index is 1.35. The highest BCUT2D eigenvalue weighted by atomic mass is 16.5. The van der Waals surface area contributed by atoms with Gasteiger partial charge in [-0.3, -0.25) is 4.79 Å². The first-order chi connectivity index (χ1) is 15.0. The van der Waals surface area contributed by atoms with Gasteiger partial charge in [-0.1, -0.05) is 55.5 Å². The number of carboxylic acids is 1. The number of carbonyl (C=O) groups is 3. The molecule has 7 nitrogen and oxygen atoms in total. The number of nitrogens with one attached hydrogen (secondary N) is 1. The highest BCUT2D eigenvalue weighted by Crippen LogP contribution is 2.44. The number of amides is 2. The summed E-state index contributed by atoms with van der Waals surface area (Å²) in [6.07, 6.45) is 0.828. The van der Waals surface area contributed by atoms with Crippen LogP contribution in [0.25, 0.3) is 11.1 Å². The normalized spacial score (nSPS) is 20.0. The van der Waals surface area contributed by atoms with Gasteiger partial charge in [0.15, 0.2) is 0 Å². The smallest absolute Gasteiger partial charge is 0.407 e. The molecule has 2 aromatic rings. The molecular weight excluding hydrogens is 396 g/mol. The zero-order valence-electron chi connectivity index (χ0n) is 17.4. The van der Waals surface area contributed by atoms with Crippen LogP contribution in [-0.2, 0) is 14.3 Å². The van der Waals surface area contributed by atoms with Crippen LogP contribution in [-0.4, -0.2) is 53.7 Å². The first-order valence-electron chi connectivity index (χ1n) is 10.6. The van der Waals surface area contributed by atoms with E-state index < -0.39 is 24.0 Å². The van der Waals surface area contributed by atoms with E-state index in [4.69, 9.17) is 4.74 Å². The summed E-state index contributed by atoms with van der Waals surface area (Å²) in [5.74, 6) is -1.60. The maximum absolute atomic E-state index is 12.5. The Morgan fingerprint density at radius 2 is 1.68 bits per heavy atom. The molecular formula is C24H26N2O5. The van der Waals surface area contributed by atoms with Crippen LogP contribution in [0.3, 0.4) is 0 Å². The Morgan fingerprint density at radius 3 is 2.29 bits per heavy atom. The van der Waals surface area contributed by atoms with Gasteiger partial charge in [0, 0.05) is 12.5 Å². The second-order valence-electron chi connectivity index (χ2n) is 8.17. The first kappa shape index (κ1) is 20.9. The van der Waals surface area contributed by atoms with Crippen LogP contribution in [0.4, 0.5) is 4.79 Å². The monoisotopic (exact) mass is 422 g/mol. The van der Waals surface area contributed by atoms with Crippen molar-refractivity contribution >= 4 is 18.0 Å². The summed E-state index contributed by atoms with van der Waals surface area (Å²) in [7, 11) is 0. The van der Waals surface area contributed by atoms with Gasteiger partial charge in [-0.25, -0.2) is 9.59 Å². The molecule has 1 aliphatic carbocycles. The second kappa shape index (κ2) is 8.79. The predicted molar refractivity (Wildman–Crippen MR) is 115 cm³/mol. The minimum Gasteiger partial charge on any atom is -0.480 e. The van der Waals surface area contributed by atoms with Crippen molar-refractivity contribution in [2.75, 3.05) is 19.7 Å². The van der Waals surface area contributed by atoms with Crippen molar-refractivity contribution in [3.8, 4) is 11.1 Å². The number of piperidine rings is 1. The number of rotatable bonds is 5. The largest absolute Gasteiger partial charge is 0.480 e. The van der Waals surface area contributed by atoms with Crippen molar-refractivity contribution in [3.05, 3.63) is 59.7 Å². The van der Waals surface area contributed by atoms with Gasteiger partial charge in [0.2, 0.25) is 5.91 Å². The molecule has 0 bridgehead atoms. The van der Waals surface area contributed by atoms with E-state index in [1.807, 2.05) is 43.3 Å². The van der Waals surface area contributed by atoms with Crippen LogP contribution in [0.15, 0.2) is 48.5 Å². The summed E-state index contributed by atoms with van der Waals surface area (Å²) in [6.45, 7) is 2.09.